The highest BCUT2D eigenvalue weighted by Gasteiger charge is 2.65. The molecule has 0 aromatic heterocycles. The number of halogens is 2. The number of ketones is 2. The van der Waals surface area contributed by atoms with Crippen LogP contribution in [0.1, 0.15) is 18.4 Å². The summed E-state index contributed by atoms with van der Waals surface area (Å²) < 4.78 is 26.8. The van der Waals surface area contributed by atoms with E-state index in [2.05, 4.69) is 5.32 Å². The van der Waals surface area contributed by atoms with E-state index >= 15 is 0 Å². The number of amides is 2. The molecule has 0 radical (unpaired) electrons. The molecule has 1 spiro atoms. The maximum atomic E-state index is 13.8. The minimum atomic E-state index is -1.24. The minimum Gasteiger partial charge on any atom is -0.351 e. The van der Waals surface area contributed by atoms with Gasteiger partial charge in [0.15, 0.2) is 6.04 Å². The lowest BCUT2D eigenvalue weighted by Crippen LogP contribution is -2.72. The molecule has 2 amide bonds. The van der Waals surface area contributed by atoms with E-state index in [0.29, 0.717) is 25.1 Å². The number of piperazine rings is 1. The van der Waals surface area contributed by atoms with Crippen molar-refractivity contribution in [2.24, 2.45) is 11.8 Å². The van der Waals surface area contributed by atoms with Crippen LogP contribution in [0.3, 0.4) is 0 Å². The Morgan fingerprint density at radius 1 is 1.14 bits per heavy atom. The van der Waals surface area contributed by atoms with Gasteiger partial charge in [0.1, 0.15) is 17.6 Å². The van der Waals surface area contributed by atoms with Gasteiger partial charge < -0.3 is 10.2 Å². The molecule has 29 heavy (non-hydrogen) atoms. The average molecular weight is 403 g/mol. The first kappa shape index (κ1) is 18.4. The number of benzene rings is 1. The monoisotopic (exact) mass is 403 g/mol. The van der Waals surface area contributed by atoms with Crippen LogP contribution in [0.4, 0.5) is 8.78 Å². The summed E-state index contributed by atoms with van der Waals surface area (Å²) in [5.41, 5.74) is -0.196. The molecule has 1 aromatic carbocycles. The highest BCUT2D eigenvalue weighted by molar-refractivity contribution is 6.47. The Morgan fingerprint density at radius 3 is 2.62 bits per heavy atom. The quantitative estimate of drug-likeness (QED) is 0.568. The molecule has 5 fully saturated rings. The normalized spacial score (nSPS) is 33.2. The van der Waals surface area contributed by atoms with Crippen molar-refractivity contribution in [3.8, 4) is 0 Å². The number of fused-ring (bicyclic) bond motifs is 1. The van der Waals surface area contributed by atoms with E-state index in [1.54, 1.807) is 9.80 Å². The van der Waals surface area contributed by atoms with E-state index in [1.807, 2.05) is 0 Å². The third-order valence-corrected chi connectivity index (χ3v) is 6.72. The number of piperidine rings is 1. The molecule has 152 valence electrons. The number of hydrogen-bond donors (Lipinski definition) is 1. The van der Waals surface area contributed by atoms with Crippen molar-refractivity contribution in [1.29, 1.82) is 0 Å². The first-order valence-corrected chi connectivity index (χ1v) is 9.64. The van der Waals surface area contributed by atoms with Crippen LogP contribution in [-0.4, -0.2) is 64.4 Å². The predicted molar refractivity (Wildman–Crippen MR) is 94.2 cm³/mol. The third-order valence-electron chi connectivity index (χ3n) is 6.72. The standard InChI is InChI=1S/C20H19F2N3O4/c21-12-2-1-11(14(22)3-12)6-23-18(28)13-8-24-9-20-4-10(5-20)7-25(20)19(29)15(24)17(27)16(13)26/h1-3,10,13,15H,4-9H2,(H,23,28). The Balaban J connectivity index is 1.31. The minimum absolute atomic E-state index is 0.0149. The Kier molecular flexibility index (Phi) is 3.90. The molecule has 5 aliphatic rings. The summed E-state index contributed by atoms with van der Waals surface area (Å²) in [4.78, 5) is 54.0. The van der Waals surface area contributed by atoms with Crippen LogP contribution in [-0.2, 0) is 25.7 Å². The number of carbonyl (C=O) groups excluding carboxylic acids is 4. The molecule has 2 atom stereocenters. The van der Waals surface area contributed by atoms with Gasteiger partial charge in [0.2, 0.25) is 23.4 Å². The second-order valence-electron chi connectivity index (χ2n) is 8.51. The van der Waals surface area contributed by atoms with Crippen LogP contribution in [0.15, 0.2) is 18.2 Å². The van der Waals surface area contributed by atoms with Gasteiger partial charge in [-0.3, -0.25) is 24.1 Å². The lowest BCUT2D eigenvalue weighted by atomic mass is 9.71. The molecule has 9 heteroatoms. The topological polar surface area (TPSA) is 86.8 Å². The van der Waals surface area contributed by atoms with Crippen molar-refractivity contribution in [3.63, 3.8) is 0 Å². The van der Waals surface area contributed by atoms with Crippen molar-refractivity contribution >= 4 is 23.4 Å². The predicted octanol–water partition coefficient (Wildman–Crippen LogP) is 0.0242. The Morgan fingerprint density at radius 2 is 1.90 bits per heavy atom. The van der Waals surface area contributed by atoms with Gasteiger partial charge in [0.25, 0.3) is 0 Å². The van der Waals surface area contributed by atoms with E-state index in [0.717, 1.165) is 18.9 Å². The van der Waals surface area contributed by atoms with Crippen molar-refractivity contribution in [3.05, 3.63) is 35.4 Å². The first-order chi connectivity index (χ1) is 13.8. The lowest BCUT2D eigenvalue weighted by Gasteiger charge is -2.53. The summed E-state index contributed by atoms with van der Waals surface area (Å²) >= 11 is 0. The van der Waals surface area contributed by atoms with E-state index in [1.165, 1.54) is 6.07 Å². The van der Waals surface area contributed by atoms with Gasteiger partial charge in [-0.15, -0.1) is 0 Å². The maximum Gasteiger partial charge on any atom is 0.248 e. The Hall–Kier alpha value is -2.68. The zero-order valence-corrected chi connectivity index (χ0v) is 15.5. The van der Waals surface area contributed by atoms with Crippen LogP contribution in [0.25, 0.3) is 0 Å². The van der Waals surface area contributed by atoms with E-state index in [9.17, 15) is 28.0 Å². The SMILES string of the molecule is O=C(NCc1ccc(F)cc1F)C1CN2CC34CC(CN3C(=O)C2C(=O)C1=O)C4. The summed E-state index contributed by atoms with van der Waals surface area (Å²) in [5.74, 6) is -5.10. The molecule has 7 nitrogen and oxygen atoms in total. The zero-order valence-electron chi connectivity index (χ0n) is 15.5. The molecule has 1 aliphatic carbocycles. The Bertz CT molecular complexity index is 959. The van der Waals surface area contributed by atoms with Crippen molar-refractivity contribution in [2.75, 3.05) is 19.6 Å². The van der Waals surface area contributed by atoms with E-state index in [-0.39, 0.29) is 30.1 Å². The fourth-order valence-electron chi connectivity index (χ4n) is 5.37. The van der Waals surface area contributed by atoms with E-state index < -0.39 is 41.1 Å². The molecule has 1 aromatic rings. The summed E-state index contributed by atoms with van der Waals surface area (Å²) in [6.07, 6.45) is 1.79. The van der Waals surface area contributed by atoms with Gasteiger partial charge >= 0.3 is 0 Å². The van der Waals surface area contributed by atoms with Gasteiger partial charge in [-0.1, -0.05) is 6.07 Å². The fraction of sp³-hybridized carbons (Fsp3) is 0.500. The third kappa shape index (κ3) is 2.63. The zero-order chi connectivity index (χ0) is 20.5. The molecule has 2 bridgehead atoms. The second kappa shape index (κ2) is 6.16. The maximum absolute atomic E-state index is 13.8. The highest BCUT2D eigenvalue weighted by Crippen LogP contribution is 2.53. The lowest BCUT2D eigenvalue weighted by molar-refractivity contribution is -0.166. The number of nitrogens with zero attached hydrogens (tertiary/aromatic N) is 2. The van der Waals surface area contributed by atoms with Gasteiger partial charge in [-0.2, -0.15) is 0 Å². The number of hydrogen-bond acceptors (Lipinski definition) is 5. The molecule has 2 unspecified atom stereocenters. The van der Waals surface area contributed by atoms with Crippen molar-refractivity contribution in [1.82, 2.24) is 15.1 Å². The smallest absolute Gasteiger partial charge is 0.248 e. The number of carbonyl (C=O) groups is 4. The largest absolute Gasteiger partial charge is 0.351 e. The van der Waals surface area contributed by atoms with Crippen LogP contribution in [0.2, 0.25) is 0 Å². The van der Waals surface area contributed by atoms with Crippen LogP contribution >= 0.6 is 0 Å². The van der Waals surface area contributed by atoms with Crippen LogP contribution in [0, 0.1) is 23.5 Å². The molecule has 4 saturated heterocycles. The first-order valence-electron chi connectivity index (χ1n) is 9.64. The molecular formula is C20H19F2N3O4. The number of nitrogens with one attached hydrogen (secondary N) is 1. The molecule has 4 heterocycles. The van der Waals surface area contributed by atoms with Crippen LogP contribution in [0.5, 0.6) is 0 Å². The summed E-state index contributed by atoms with van der Waals surface area (Å²) in [7, 11) is 0. The molecule has 1 N–H and O–H groups in total. The fourth-order valence-corrected chi connectivity index (χ4v) is 5.37. The average Bonchev–Trinajstić information content (AvgIpc) is 3.19. The number of rotatable bonds is 3. The molecule has 1 saturated carbocycles. The van der Waals surface area contributed by atoms with Crippen LogP contribution < -0.4 is 5.32 Å². The molecule has 4 aliphatic heterocycles. The Labute approximate surface area is 165 Å². The van der Waals surface area contributed by atoms with Gasteiger partial charge in [0.05, 0.1) is 5.54 Å². The number of Topliss-reactive ketones (excluding diaryl/α,β-unsaturated/α-hetero) is 2. The summed E-state index contributed by atoms with van der Waals surface area (Å²) in [6, 6.07) is 1.85. The summed E-state index contributed by atoms with van der Waals surface area (Å²) in [6.45, 7) is 0.872. The van der Waals surface area contributed by atoms with Gasteiger partial charge in [-0.05, 0) is 24.8 Å². The highest BCUT2D eigenvalue weighted by atomic mass is 19.1. The molecular weight excluding hydrogens is 384 g/mol. The molecule has 6 rings (SSSR count). The second-order valence-corrected chi connectivity index (χ2v) is 8.51. The van der Waals surface area contributed by atoms with Gasteiger partial charge in [-0.25, -0.2) is 8.78 Å². The van der Waals surface area contributed by atoms with E-state index in [4.69, 9.17) is 0 Å². The van der Waals surface area contributed by atoms with Gasteiger partial charge in [0, 0.05) is 37.8 Å². The van der Waals surface area contributed by atoms with Crippen molar-refractivity contribution in [2.45, 2.75) is 31.0 Å². The van der Waals surface area contributed by atoms with Crippen molar-refractivity contribution < 1.29 is 28.0 Å². The summed E-state index contributed by atoms with van der Waals surface area (Å²) in [5, 5.41) is 2.46.